The van der Waals surface area contributed by atoms with Gasteiger partial charge in [0.2, 0.25) is 5.91 Å². The summed E-state index contributed by atoms with van der Waals surface area (Å²) in [7, 11) is 0. The minimum Gasteiger partial charge on any atom is -0.361 e. The first kappa shape index (κ1) is 19.0. The zero-order chi connectivity index (χ0) is 21.6. The molecule has 0 saturated carbocycles. The quantitative estimate of drug-likeness (QED) is 0.472. The maximum Gasteiger partial charge on any atom is 0.256 e. The van der Waals surface area contributed by atoms with Crippen molar-refractivity contribution in [3.63, 3.8) is 0 Å². The van der Waals surface area contributed by atoms with E-state index in [1.807, 2.05) is 24.3 Å². The number of nitrogens with zero attached hydrogens (tertiary/aromatic N) is 1. The van der Waals surface area contributed by atoms with Crippen LogP contribution in [0.25, 0.3) is 10.9 Å². The lowest BCUT2D eigenvalue weighted by molar-refractivity contribution is -0.137. The first-order valence-corrected chi connectivity index (χ1v) is 9.72. The van der Waals surface area contributed by atoms with Crippen molar-refractivity contribution in [2.75, 3.05) is 10.2 Å². The smallest absolute Gasteiger partial charge is 0.256 e. The Labute approximate surface area is 176 Å². The summed E-state index contributed by atoms with van der Waals surface area (Å²) in [5, 5.41) is 3.32. The minimum absolute atomic E-state index is 0.00675. The highest BCUT2D eigenvalue weighted by Crippen LogP contribution is 2.48. The number of fused-ring (bicyclic) bond motifs is 1. The van der Waals surface area contributed by atoms with Crippen LogP contribution in [0.3, 0.4) is 0 Å². The lowest BCUT2D eigenvalue weighted by Gasteiger charge is -2.50. The third kappa shape index (κ3) is 2.81. The molecule has 0 aliphatic carbocycles. The molecule has 1 aliphatic rings. The molecule has 1 saturated heterocycles. The summed E-state index contributed by atoms with van der Waals surface area (Å²) in [5.74, 6) is -2.25. The highest BCUT2D eigenvalue weighted by Gasteiger charge is 2.60. The Morgan fingerprint density at radius 3 is 2.35 bits per heavy atom. The monoisotopic (exact) mass is 417 g/mol. The molecule has 2 heterocycles. The number of anilines is 2. The zero-order valence-electron chi connectivity index (χ0n) is 16.2. The van der Waals surface area contributed by atoms with E-state index in [2.05, 4.69) is 10.3 Å². The standard InChI is InChI=1S/C24H17F2N3O2/c25-17-8-2-5-11-20(17)28-23(31)24(16-14-27-19-10-4-1-7-15(16)19)13-22(30)29(24)21-12-6-3-9-18(21)26/h1-12,14,27H,13H2,(H,28,31). The van der Waals surface area contributed by atoms with Crippen LogP contribution in [0.4, 0.5) is 20.2 Å². The summed E-state index contributed by atoms with van der Waals surface area (Å²) in [6.07, 6.45) is 1.47. The van der Waals surface area contributed by atoms with E-state index in [1.165, 1.54) is 36.4 Å². The first-order valence-electron chi connectivity index (χ1n) is 9.72. The molecule has 0 bridgehead atoms. The molecule has 2 amide bonds. The van der Waals surface area contributed by atoms with Crippen LogP contribution < -0.4 is 10.2 Å². The van der Waals surface area contributed by atoms with Crippen LogP contribution in [-0.4, -0.2) is 16.8 Å². The molecule has 0 spiro atoms. The molecule has 31 heavy (non-hydrogen) atoms. The van der Waals surface area contributed by atoms with E-state index in [1.54, 1.807) is 18.3 Å². The minimum atomic E-state index is -1.54. The highest BCUT2D eigenvalue weighted by molar-refractivity contribution is 6.18. The number of para-hydroxylation sites is 3. The molecule has 0 radical (unpaired) electrons. The number of hydrogen-bond donors (Lipinski definition) is 2. The zero-order valence-corrected chi connectivity index (χ0v) is 16.2. The average Bonchev–Trinajstić information content (AvgIpc) is 3.19. The van der Waals surface area contributed by atoms with Crippen molar-refractivity contribution in [1.29, 1.82) is 0 Å². The molecular formula is C24H17F2N3O2. The van der Waals surface area contributed by atoms with Crippen LogP contribution in [0.5, 0.6) is 0 Å². The van der Waals surface area contributed by atoms with E-state index in [0.717, 1.165) is 15.8 Å². The third-order valence-corrected chi connectivity index (χ3v) is 5.66. The molecule has 4 aromatic rings. The van der Waals surface area contributed by atoms with Crippen LogP contribution >= 0.6 is 0 Å². The number of amides is 2. The first-order chi connectivity index (χ1) is 15.0. The normalized spacial score (nSPS) is 18.1. The number of β-lactam (4-membered cyclic amide) rings is 1. The number of nitrogens with one attached hydrogen (secondary N) is 2. The van der Waals surface area contributed by atoms with Gasteiger partial charge in [-0.15, -0.1) is 0 Å². The van der Waals surface area contributed by atoms with E-state index in [-0.39, 0.29) is 17.8 Å². The van der Waals surface area contributed by atoms with Gasteiger partial charge in [0.25, 0.3) is 5.91 Å². The molecule has 154 valence electrons. The van der Waals surface area contributed by atoms with E-state index < -0.39 is 29.0 Å². The molecule has 3 aromatic carbocycles. The Bertz CT molecular complexity index is 1330. The topological polar surface area (TPSA) is 65.2 Å². The van der Waals surface area contributed by atoms with Crippen molar-refractivity contribution in [3.8, 4) is 0 Å². The number of aromatic amines is 1. The Balaban J connectivity index is 1.70. The largest absolute Gasteiger partial charge is 0.361 e. The van der Waals surface area contributed by atoms with E-state index in [4.69, 9.17) is 0 Å². The fourth-order valence-corrected chi connectivity index (χ4v) is 4.19. The van der Waals surface area contributed by atoms with Gasteiger partial charge in [-0.25, -0.2) is 8.78 Å². The molecule has 7 heteroatoms. The lowest BCUT2D eigenvalue weighted by Crippen LogP contribution is -2.67. The van der Waals surface area contributed by atoms with Crippen LogP contribution in [0.1, 0.15) is 12.0 Å². The molecule has 1 unspecified atom stereocenters. The maximum atomic E-state index is 14.7. The lowest BCUT2D eigenvalue weighted by atomic mass is 9.75. The number of halogens is 2. The predicted molar refractivity (Wildman–Crippen MR) is 114 cm³/mol. The summed E-state index contributed by atoms with van der Waals surface area (Å²) in [6, 6.07) is 18.9. The summed E-state index contributed by atoms with van der Waals surface area (Å²) < 4.78 is 28.9. The van der Waals surface area contributed by atoms with E-state index in [0.29, 0.717) is 5.56 Å². The van der Waals surface area contributed by atoms with Crippen molar-refractivity contribution in [2.45, 2.75) is 12.0 Å². The summed E-state index contributed by atoms with van der Waals surface area (Å²) in [5.41, 5.74) is -0.281. The SMILES string of the molecule is O=C1CC(C(=O)Nc2ccccc2F)(c2c[nH]c3ccccc23)N1c1ccccc1F. The second-order valence-corrected chi connectivity index (χ2v) is 7.40. The second-order valence-electron chi connectivity index (χ2n) is 7.40. The molecule has 1 atom stereocenters. The van der Waals surface area contributed by atoms with Crippen LogP contribution in [0, 0.1) is 11.6 Å². The second kappa shape index (κ2) is 7.05. The van der Waals surface area contributed by atoms with Crippen molar-refractivity contribution in [2.24, 2.45) is 0 Å². The van der Waals surface area contributed by atoms with Gasteiger partial charge in [-0.2, -0.15) is 0 Å². The van der Waals surface area contributed by atoms with E-state index >= 15 is 0 Å². The van der Waals surface area contributed by atoms with Crippen LogP contribution in [0.15, 0.2) is 79.0 Å². The molecule has 5 nitrogen and oxygen atoms in total. The van der Waals surface area contributed by atoms with Gasteiger partial charge in [0.05, 0.1) is 17.8 Å². The van der Waals surface area contributed by atoms with Crippen LogP contribution in [-0.2, 0) is 15.1 Å². The average molecular weight is 417 g/mol. The van der Waals surface area contributed by atoms with Crippen molar-refractivity contribution in [3.05, 3.63) is 96.2 Å². The summed E-state index contributed by atoms with van der Waals surface area (Å²) >= 11 is 0. The van der Waals surface area contributed by atoms with Gasteiger partial charge in [0.15, 0.2) is 5.54 Å². The summed E-state index contributed by atoms with van der Waals surface area (Å²) in [6.45, 7) is 0. The van der Waals surface area contributed by atoms with Crippen LogP contribution in [0.2, 0.25) is 0 Å². The predicted octanol–water partition coefficient (Wildman–Crippen LogP) is 4.72. The van der Waals surface area contributed by atoms with Crippen molar-refractivity contribution >= 4 is 34.1 Å². The Hall–Kier alpha value is -4.00. The third-order valence-electron chi connectivity index (χ3n) is 5.66. The fourth-order valence-electron chi connectivity index (χ4n) is 4.19. The number of rotatable bonds is 4. The highest BCUT2D eigenvalue weighted by atomic mass is 19.1. The molecule has 1 fully saturated rings. The van der Waals surface area contributed by atoms with E-state index in [9.17, 15) is 18.4 Å². The van der Waals surface area contributed by atoms with Crippen molar-refractivity contribution in [1.82, 2.24) is 4.98 Å². The van der Waals surface area contributed by atoms with Gasteiger partial charge in [0, 0.05) is 22.7 Å². The molecule has 5 rings (SSSR count). The number of carbonyl (C=O) groups excluding carboxylic acids is 2. The molecule has 2 N–H and O–H groups in total. The number of hydrogen-bond acceptors (Lipinski definition) is 2. The van der Waals surface area contributed by atoms with Gasteiger partial charge in [-0.1, -0.05) is 42.5 Å². The fraction of sp³-hybridized carbons (Fsp3) is 0.0833. The van der Waals surface area contributed by atoms with Gasteiger partial charge in [-0.3, -0.25) is 14.5 Å². The number of aromatic nitrogens is 1. The summed E-state index contributed by atoms with van der Waals surface area (Å²) in [4.78, 5) is 30.7. The Kier molecular flexibility index (Phi) is 4.32. The maximum absolute atomic E-state index is 14.7. The molecule has 1 aromatic heterocycles. The van der Waals surface area contributed by atoms with Gasteiger partial charge in [0.1, 0.15) is 11.6 Å². The van der Waals surface area contributed by atoms with Gasteiger partial charge < -0.3 is 10.3 Å². The Morgan fingerprint density at radius 1 is 0.935 bits per heavy atom. The molecular weight excluding hydrogens is 400 g/mol. The Morgan fingerprint density at radius 2 is 1.61 bits per heavy atom. The van der Waals surface area contributed by atoms with Crippen molar-refractivity contribution < 1.29 is 18.4 Å². The number of benzene rings is 3. The van der Waals surface area contributed by atoms with Gasteiger partial charge in [-0.05, 0) is 30.3 Å². The molecule has 1 aliphatic heterocycles. The number of H-pyrrole nitrogens is 1. The van der Waals surface area contributed by atoms with Gasteiger partial charge >= 0.3 is 0 Å². The number of carbonyl (C=O) groups is 2.